The van der Waals surface area contributed by atoms with Crippen LogP contribution >= 0.6 is 7.82 Å². The van der Waals surface area contributed by atoms with Crippen LogP contribution in [0.2, 0.25) is 0 Å². The van der Waals surface area contributed by atoms with Crippen molar-refractivity contribution in [1.29, 1.82) is 0 Å². The number of hydrogen-bond acceptors (Lipinski definition) is 9. The molecule has 132 valence electrons. The lowest BCUT2D eigenvalue weighted by Crippen LogP contribution is -2.33. The first kappa shape index (κ1) is 17.0. The largest absolute Gasteiger partial charge is 0.469 e. The van der Waals surface area contributed by atoms with Crippen LogP contribution in [0.15, 0.2) is 11.1 Å². The van der Waals surface area contributed by atoms with E-state index in [1.807, 2.05) is 0 Å². The number of ether oxygens (including phenoxy) is 1. The van der Waals surface area contributed by atoms with Gasteiger partial charge in [-0.05, 0) is 0 Å². The second-order valence-corrected chi connectivity index (χ2v) is 6.35. The second-order valence-electron chi connectivity index (χ2n) is 5.11. The van der Waals surface area contributed by atoms with Crippen molar-refractivity contribution < 1.29 is 33.8 Å². The van der Waals surface area contributed by atoms with Crippen LogP contribution in [0.1, 0.15) is 6.23 Å². The predicted molar refractivity (Wildman–Crippen MR) is 76.5 cm³/mol. The molecule has 14 heteroatoms. The summed E-state index contributed by atoms with van der Waals surface area (Å²) in [5.41, 5.74) is 4.84. The summed E-state index contributed by atoms with van der Waals surface area (Å²) in [7, 11) is -4.76. The molecule has 0 unspecified atom stereocenters. The number of hydrogen-bond donors (Lipinski definition) is 6. The van der Waals surface area contributed by atoms with E-state index in [2.05, 4.69) is 19.5 Å². The SMILES string of the molecule is Nc1nc2c(ncn2[13C@@H]2O[13C@H]([13CH2]OP(=O)(O)O)[13C@@H](O)[13C@H]2O)c(=O)[nH]1. The van der Waals surface area contributed by atoms with Crippen LogP contribution in [0.4, 0.5) is 5.95 Å². The fourth-order valence-electron chi connectivity index (χ4n) is 2.40. The number of aliphatic hydroxyl groups is 2. The van der Waals surface area contributed by atoms with Gasteiger partial charge >= 0.3 is 7.82 Å². The number of nitrogens with two attached hydrogens (primary N) is 1. The zero-order valence-corrected chi connectivity index (χ0v) is 12.8. The number of nitrogen functional groups attached to an aromatic ring is 1. The summed E-state index contributed by atoms with van der Waals surface area (Å²) in [5.74, 6) is -0.177. The molecule has 2 aromatic heterocycles. The Morgan fingerprint density at radius 1 is 1.42 bits per heavy atom. The third kappa shape index (κ3) is 3.06. The van der Waals surface area contributed by atoms with Crippen molar-refractivity contribution in [2.45, 2.75) is 24.5 Å². The lowest BCUT2D eigenvalue weighted by molar-refractivity contribution is -0.0503. The quantitative estimate of drug-likeness (QED) is 0.244. The highest BCUT2D eigenvalue weighted by Crippen LogP contribution is 2.38. The molecule has 0 saturated carbocycles. The summed E-state index contributed by atoms with van der Waals surface area (Å²) >= 11 is 0. The van der Waals surface area contributed by atoms with Crippen molar-refractivity contribution in [1.82, 2.24) is 19.5 Å². The molecule has 0 aliphatic carbocycles. The maximum Gasteiger partial charge on any atom is 0.469 e. The van der Waals surface area contributed by atoms with E-state index < -0.39 is 44.5 Å². The number of H-pyrrole nitrogens is 1. The number of nitrogens with zero attached hydrogens (tertiary/aromatic N) is 3. The summed E-state index contributed by atoms with van der Waals surface area (Å²) in [5, 5.41) is 20.1. The number of phosphoric acid groups is 1. The molecule has 24 heavy (non-hydrogen) atoms. The van der Waals surface area contributed by atoms with Crippen molar-refractivity contribution in [2.75, 3.05) is 12.3 Å². The van der Waals surface area contributed by atoms with Gasteiger partial charge in [-0.3, -0.25) is 18.9 Å². The smallest absolute Gasteiger partial charge is 0.387 e. The molecule has 13 nitrogen and oxygen atoms in total. The van der Waals surface area contributed by atoms with Crippen LogP contribution in [0, 0.1) is 0 Å². The monoisotopic (exact) mass is 368 g/mol. The fourth-order valence-corrected chi connectivity index (χ4v) is 2.74. The molecule has 1 saturated heterocycles. The molecule has 2 aromatic rings. The molecule has 0 amide bonds. The average Bonchev–Trinajstić information content (AvgIpc) is 3.00. The van der Waals surface area contributed by atoms with Crippen molar-refractivity contribution in [3.63, 3.8) is 0 Å². The van der Waals surface area contributed by atoms with Gasteiger partial charge < -0.3 is 30.5 Å². The Labute approximate surface area is 132 Å². The van der Waals surface area contributed by atoms with Crippen molar-refractivity contribution in [2.24, 2.45) is 0 Å². The molecular weight excluding hydrogens is 354 g/mol. The van der Waals surface area contributed by atoms with Crippen LogP contribution in [0.3, 0.4) is 0 Å². The third-order valence-corrected chi connectivity index (χ3v) is 3.95. The highest BCUT2D eigenvalue weighted by molar-refractivity contribution is 7.46. The Morgan fingerprint density at radius 3 is 2.79 bits per heavy atom. The minimum Gasteiger partial charge on any atom is -0.387 e. The molecule has 0 aromatic carbocycles. The molecule has 4 atom stereocenters. The Bertz CT molecular complexity index is 861. The molecule has 1 aliphatic rings. The van der Waals surface area contributed by atoms with Crippen LogP contribution in [-0.2, 0) is 13.8 Å². The second kappa shape index (κ2) is 5.89. The predicted octanol–water partition coefficient (Wildman–Crippen LogP) is -2.57. The topological polar surface area (TPSA) is 206 Å². The lowest BCUT2D eigenvalue weighted by Gasteiger charge is -2.16. The van der Waals surface area contributed by atoms with E-state index in [4.69, 9.17) is 20.3 Å². The number of aromatic nitrogens is 4. The molecular formula is C10H14N5O8P. The number of nitrogens with one attached hydrogen (secondary N) is 1. The Kier molecular flexibility index (Phi) is 4.17. The first-order valence-electron chi connectivity index (χ1n) is 6.61. The summed E-state index contributed by atoms with van der Waals surface area (Å²) in [4.78, 5) is 39.1. The highest BCUT2D eigenvalue weighted by Gasteiger charge is 2.45. The molecule has 1 fully saturated rings. The van der Waals surface area contributed by atoms with Gasteiger partial charge in [-0.25, -0.2) is 9.55 Å². The zero-order valence-electron chi connectivity index (χ0n) is 11.9. The van der Waals surface area contributed by atoms with Crippen LogP contribution in [0.25, 0.3) is 11.2 Å². The number of phosphoric ester groups is 1. The molecule has 0 radical (unpaired) electrons. The molecule has 0 bridgehead atoms. The average molecular weight is 368 g/mol. The summed E-state index contributed by atoms with van der Waals surface area (Å²) < 4.78 is 21.6. The number of rotatable bonds is 4. The Morgan fingerprint density at radius 2 is 2.12 bits per heavy atom. The molecule has 0 spiro atoms. The van der Waals surface area contributed by atoms with Gasteiger partial charge in [-0.2, -0.15) is 4.98 Å². The zero-order chi connectivity index (χ0) is 17.6. The molecule has 1 aliphatic heterocycles. The first-order valence-corrected chi connectivity index (χ1v) is 8.14. The van der Waals surface area contributed by atoms with E-state index >= 15 is 0 Å². The number of fused-ring (bicyclic) bond motifs is 1. The van der Waals surface area contributed by atoms with Crippen molar-refractivity contribution >= 4 is 24.9 Å². The van der Waals surface area contributed by atoms with Gasteiger partial charge in [-0.15, -0.1) is 0 Å². The highest BCUT2D eigenvalue weighted by atomic mass is 31.2. The van der Waals surface area contributed by atoms with Crippen LogP contribution in [0.5, 0.6) is 0 Å². The molecule has 7 N–H and O–H groups in total. The van der Waals surface area contributed by atoms with E-state index in [-0.39, 0.29) is 17.1 Å². The maximum atomic E-state index is 11.7. The van der Waals surface area contributed by atoms with E-state index in [0.29, 0.717) is 0 Å². The van der Waals surface area contributed by atoms with Gasteiger partial charge in [-0.1, -0.05) is 0 Å². The summed E-state index contributed by atoms with van der Waals surface area (Å²) in [6, 6.07) is 0. The van der Waals surface area contributed by atoms with Crippen molar-refractivity contribution in [3.8, 4) is 0 Å². The van der Waals surface area contributed by atoms with Crippen molar-refractivity contribution in [3.05, 3.63) is 16.7 Å². The normalized spacial score (nSPS) is 27.8. The van der Waals surface area contributed by atoms with Gasteiger partial charge in [0.15, 0.2) is 17.4 Å². The third-order valence-electron chi connectivity index (χ3n) is 3.47. The number of imidazole rings is 1. The number of aromatic amines is 1. The van der Waals surface area contributed by atoms with Gasteiger partial charge in [0.25, 0.3) is 5.56 Å². The number of anilines is 1. The minimum atomic E-state index is -4.76. The maximum absolute atomic E-state index is 11.7. The molecule has 3 heterocycles. The van der Waals surface area contributed by atoms with Gasteiger partial charge in [0.2, 0.25) is 5.95 Å². The van der Waals surface area contributed by atoms with Gasteiger partial charge in [0, 0.05) is 0 Å². The van der Waals surface area contributed by atoms with Gasteiger partial charge in [0.05, 0.1) is 12.9 Å². The minimum absolute atomic E-state index is 0.0176. The summed E-state index contributed by atoms with van der Waals surface area (Å²) in [6.45, 7) is -0.651. The Hall–Kier alpha value is -1.86. The Balaban J connectivity index is 1.90. The lowest BCUT2D eigenvalue weighted by atomic mass is 10.5. The first-order chi connectivity index (χ1) is 11.2. The fraction of sp³-hybridized carbons (Fsp3) is 0.500. The van der Waals surface area contributed by atoms with E-state index in [1.165, 1.54) is 10.9 Å². The number of aliphatic hydroxyl groups excluding tert-OH is 2. The van der Waals surface area contributed by atoms with Gasteiger partial charge in [0.1, 0.15) is 18.3 Å². The molecule has 3 rings (SSSR count). The summed E-state index contributed by atoms with van der Waals surface area (Å²) in [6.07, 6.45) is -4.22. The van der Waals surface area contributed by atoms with Crippen LogP contribution in [-0.4, -0.2) is 64.4 Å². The van der Waals surface area contributed by atoms with E-state index in [0.717, 1.165) is 0 Å². The van der Waals surface area contributed by atoms with E-state index in [9.17, 15) is 19.6 Å². The van der Waals surface area contributed by atoms with Crippen LogP contribution < -0.4 is 11.3 Å². The standard InChI is InChI=1S/C10H14N5O8P/c11-10-13-7-4(8(18)14-10)12-2-15(7)9-6(17)5(16)3(23-9)1-22-24(19,20)21/h2-3,5-6,9,16-17H,1H2,(H2,19,20,21)(H3,11,13,14,18)/t3-,5-,6-,9-/m1/s1/i1+1,3+1,5+1,6+1,9+1. The van der Waals surface area contributed by atoms with E-state index in [1.54, 1.807) is 0 Å².